The molecule has 0 saturated heterocycles. The average molecular weight is 338 g/mol. The zero-order valence-corrected chi connectivity index (χ0v) is 11.1. The number of hydrogen-bond acceptors (Lipinski definition) is 4. The Labute approximate surface area is 106 Å². The first-order chi connectivity index (χ1) is 6.81. The van der Waals surface area contributed by atoms with Crippen molar-refractivity contribution in [1.29, 1.82) is 0 Å². The highest BCUT2D eigenvalue weighted by Gasteiger charge is 2.13. The van der Waals surface area contributed by atoms with E-state index in [1.54, 1.807) is 12.3 Å². The lowest BCUT2D eigenvalue weighted by Crippen LogP contribution is -2.19. The van der Waals surface area contributed by atoms with E-state index in [1.807, 2.05) is 0 Å². The number of anilines is 1. The van der Waals surface area contributed by atoms with Gasteiger partial charge in [-0.05, 0) is 6.07 Å². The molecule has 1 aromatic heterocycles. The van der Waals surface area contributed by atoms with Crippen molar-refractivity contribution in [3.8, 4) is 5.75 Å². The predicted molar refractivity (Wildman–Crippen MR) is 66.7 cm³/mol. The Balaban J connectivity index is 0.00000112. The molecule has 0 atom stereocenters. The molecule has 0 spiro atoms. The third-order valence-corrected chi connectivity index (χ3v) is 2.46. The number of pyridine rings is 1. The minimum Gasteiger partial charge on any atom is -0.488 e. The molecular formula is C9H10Br2N2O2. The number of ether oxygens (including phenoxy) is 1. The van der Waals surface area contributed by atoms with Crippen molar-refractivity contribution in [2.45, 2.75) is 0 Å². The lowest BCUT2D eigenvalue weighted by Gasteiger charge is -2.18. The Kier molecular flexibility index (Phi) is 4.53. The van der Waals surface area contributed by atoms with Gasteiger partial charge in [-0.15, -0.1) is 17.0 Å². The van der Waals surface area contributed by atoms with Crippen LogP contribution in [0.1, 0.15) is 10.4 Å². The fourth-order valence-corrected chi connectivity index (χ4v) is 1.57. The second kappa shape index (κ2) is 5.46. The Bertz CT molecular complexity index is 371. The Morgan fingerprint density at radius 2 is 2.47 bits per heavy atom. The van der Waals surface area contributed by atoms with Gasteiger partial charge >= 0.3 is 0 Å². The third-order valence-electron chi connectivity index (χ3n) is 1.95. The monoisotopic (exact) mass is 336 g/mol. The normalized spacial score (nSPS) is 12.9. The Hall–Kier alpha value is -0.620. The van der Waals surface area contributed by atoms with Crippen LogP contribution < -0.4 is 10.1 Å². The minimum atomic E-state index is 0. The fourth-order valence-electron chi connectivity index (χ4n) is 1.25. The maximum absolute atomic E-state index is 11.3. The summed E-state index contributed by atoms with van der Waals surface area (Å²) in [5, 5.41) is 3.39. The number of fused-ring (bicyclic) bond motifs is 1. The maximum Gasteiger partial charge on any atom is 0.175 e. The minimum absolute atomic E-state index is 0. The van der Waals surface area contributed by atoms with Crippen molar-refractivity contribution in [3.05, 3.63) is 17.8 Å². The summed E-state index contributed by atoms with van der Waals surface area (Å²) in [5.41, 5.74) is 0.573. The van der Waals surface area contributed by atoms with Crippen molar-refractivity contribution in [3.63, 3.8) is 0 Å². The van der Waals surface area contributed by atoms with Gasteiger partial charge < -0.3 is 10.1 Å². The molecule has 1 aromatic rings. The van der Waals surface area contributed by atoms with Crippen LogP contribution in [0, 0.1) is 0 Å². The summed E-state index contributed by atoms with van der Waals surface area (Å²) in [6.07, 6.45) is 1.56. The average Bonchev–Trinajstić information content (AvgIpc) is 2.27. The first-order valence-electron chi connectivity index (χ1n) is 4.27. The van der Waals surface area contributed by atoms with Crippen LogP contribution >= 0.6 is 32.9 Å². The van der Waals surface area contributed by atoms with Gasteiger partial charge in [0.2, 0.25) is 0 Å². The molecule has 0 radical (unpaired) electrons. The molecule has 2 rings (SSSR count). The third kappa shape index (κ3) is 2.69. The maximum atomic E-state index is 11.3. The largest absolute Gasteiger partial charge is 0.488 e. The number of nitrogens with one attached hydrogen (secondary N) is 1. The Morgan fingerprint density at radius 3 is 3.20 bits per heavy atom. The molecule has 0 bridgehead atoms. The van der Waals surface area contributed by atoms with E-state index < -0.39 is 0 Å². The van der Waals surface area contributed by atoms with Crippen LogP contribution in [-0.2, 0) is 0 Å². The standard InChI is InChI=1S/C9H9BrN2O2.BrH/c10-4-7(13)6-3-8-9(12-5-6)11-1-2-14-8;/h3,5H,1-2,4H2,(H,11,12);1H. The van der Waals surface area contributed by atoms with Crippen LogP contribution in [0.25, 0.3) is 0 Å². The van der Waals surface area contributed by atoms with Crippen molar-refractivity contribution < 1.29 is 9.53 Å². The number of aromatic nitrogens is 1. The molecule has 0 fully saturated rings. The van der Waals surface area contributed by atoms with Gasteiger partial charge in [0.15, 0.2) is 17.4 Å². The topological polar surface area (TPSA) is 51.2 Å². The van der Waals surface area contributed by atoms with E-state index in [0.29, 0.717) is 29.1 Å². The molecule has 82 valence electrons. The van der Waals surface area contributed by atoms with Gasteiger partial charge in [-0.3, -0.25) is 4.79 Å². The summed E-state index contributed by atoms with van der Waals surface area (Å²) in [7, 11) is 0. The molecule has 0 amide bonds. The first kappa shape index (κ1) is 12.4. The number of carbonyl (C=O) groups is 1. The van der Waals surface area contributed by atoms with E-state index in [2.05, 4.69) is 26.2 Å². The van der Waals surface area contributed by atoms with Gasteiger partial charge in [0.25, 0.3) is 0 Å². The summed E-state index contributed by atoms with van der Waals surface area (Å²) in [5.74, 6) is 1.37. The summed E-state index contributed by atoms with van der Waals surface area (Å²) in [6.45, 7) is 1.37. The van der Waals surface area contributed by atoms with Crippen LogP contribution in [-0.4, -0.2) is 29.2 Å². The number of alkyl halides is 1. The number of rotatable bonds is 2. The highest BCUT2D eigenvalue weighted by atomic mass is 79.9. The van der Waals surface area contributed by atoms with E-state index >= 15 is 0 Å². The summed E-state index contributed by atoms with van der Waals surface area (Å²) in [6, 6.07) is 1.72. The molecule has 1 N–H and O–H groups in total. The molecule has 1 aliphatic heterocycles. The van der Waals surface area contributed by atoms with Gasteiger partial charge in [0.1, 0.15) is 6.61 Å². The molecule has 4 nitrogen and oxygen atoms in total. The number of carbonyl (C=O) groups excluding carboxylic acids is 1. The SMILES string of the molecule is Br.O=C(CBr)c1cnc2c(c1)OCCN2. The lowest BCUT2D eigenvalue weighted by molar-refractivity contribution is 0.102. The van der Waals surface area contributed by atoms with Crippen LogP contribution in [0.3, 0.4) is 0 Å². The van der Waals surface area contributed by atoms with Gasteiger partial charge in [-0.25, -0.2) is 4.98 Å². The molecule has 2 heterocycles. The fraction of sp³-hybridized carbons (Fsp3) is 0.333. The highest BCUT2D eigenvalue weighted by Crippen LogP contribution is 2.25. The van der Waals surface area contributed by atoms with E-state index in [0.717, 1.165) is 6.54 Å². The van der Waals surface area contributed by atoms with Gasteiger partial charge in [0, 0.05) is 11.8 Å². The molecular weight excluding hydrogens is 328 g/mol. The summed E-state index contributed by atoms with van der Waals surface area (Å²) in [4.78, 5) is 15.4. The van der Waals surface area contributed by atoms with Gasteiger partial charge in [-0.2, -0.15) is 0 Å². The van der Waals surface area contributed by atoms with E-state index in [9.17, 15) is 4.79 Å². The van der Waals surface area contributed by atoms with Crippen LogP contribution in [0.2, 0.25) is 0 Å². The number of Topliss-reactive ketones (excluding diaryl/α,β-unsaturated/α-hetero) is 1. The van der Waals surface area contributed by atoms with Crippen molar-refractivity contribution in [2.75, 3.05) is 23.8 Å². The molecule has 15 heavy (non-hydrogen) atoms. The second-order valence-electron chi connectivity index (χ2n) is 2.90. The molecule has 0 aromatic carbocycles. The second-order valence-corrected chi connectivity index (χ2v) is 3.46. The van der Waals surface area contributed by atoms with Crippen LogP contribution in [0.15, 0.2) is 12.3 Å². The zero-order valence-electron chi connectivity index (χ0n) is 7.83. The lowest BCUT2D eigenvalue weighted by atomic mass is 10.2. The van der Waals surface area contributed by atoms with Gasteiger partial charge in [-0.1, -0.05) is 15.9 Å². The van der Waals surface area contributed by atoms with Gasteiger partial charge in [0.05, 0.1) is 11.9 Å². The van der Waals surface area contributed by atoms with Crippen molar-refractivity contribution in [2.24, 2.45) is 0 Å². The number of ketones is 1. The van der Waals surface area contributed by atoms with Crippen LogP contribution in [0.4, 0.5) is 5.82 Å². The highest BCUT2D eigenvalue weighted by molar-refractivity contribution is 9.09. The van der Waals surface area contributed by atoms with Crippen LogP contribution in [0.5, 0.6) is 5.75 Å². The van der Waals surface area contributed by atoms with Crippen molar-refractivity contribution in [1.82, 2.24) is 4.98 Å². The number of hydrogen-bond donors (Lipinski definition) is 1. The zero-order chi connectivity index (χ0) is 9.97. The molecule has 0 saturated carbocycles. The first-order valence-corrected chi connectivity index (χ1v) is 5.39. The predicted octanol–water partition coefficient (Wildman–Crippen LogP) is 2.04. The summed E-state index contributed by atoms with van der Waals surface area (Å²) >= 11 is 3.11. The smallest absolute Gasteiger partial charge is 0.175 e. The number of nitrogens with zero attached hydrogens (tertiary/aromatic N) is 1. The molecule has 6 heteroatoms. The van der Waals surface area contributed by atoms with E-state index in [4.69, 9.17) is 4.74 Å². The number of halogens is 2. The molecule has 0 unspecified atom stereocenters. The van der Waals surface area contributed by atoms with E-state index in [-0.39, 0.29) is 22.8 Å². The quantitative estimate of drug-likeness (QED) is 0.662. The summed E-state index contributed by atoms with van der Waals surface area (Å²) < 4.78 is 5.37. The molecule has 1 aliphatic rings. The Morgan fingerprint density at radius 1 is 1.67 bits per heavy atom. The van der Waals surface area contributed by atoms with Crippen molar-refractivity contribution >= 4 is 44.5 Å². The van der Waals surface area contributed by atoms with E-state index in [1.165, 1.54) is 0 Å². The molecule has 0 aliphatic carbocycles.